The van der Waals surface area contributed by atoms with Crippen molar-refractivity contribution < 1.29 is 4.79 Å². The average molecular weight is 366 g/mol. The number of primary amides is 1. The van der Waals surface area contributed by atoms with Crippen LogP contribution in [0.5, 0.6) is 0 Å². The number of likely N-dealkylation sites (N-methyl/N-ethyl adjacent to an activating group) is 1. The Hall–Kier alpha value is -3.18. The van der Waals surface area contributed by atoms with Crippen LogP contribution in [0.3, 0.4) is 0 Å². The molecule has 0 spiro atoms. The number of aromatic nitrogens is 2. The quantitative estimate of drug-likeness (QED) is 0.625. The van der Waals surface area contributed by atoms with Crippen LogP contribution in [0.2, 0.25) is 0 Å². The maximum Gasteiger partial charge on any atom is 0.267 e. The summed E-state index contributed by atoms with van der Waals surface area (Å²) in [4.78, 5) is 33.7. The fraction of sp³-hybridized carbons (Fsp3) is 0.368. The van der Waals surface area contributed by atoms with Crippen molar-refractivity contribution in [2.24, 2.45) is 5.73 Å². The van der Waals surface area contributed by atoms with Gasteiger partial charge in [0.25, 0.3) is 11.5 Å². The molecule has 27 heavy (non-hydrogen) atoms. The summed E-state index contributed by atoms with van der Waals surface area (Å²) < 4.78 is 1.43. The highest BCUT2D eigenvalue weighted by atomic mass is 16.1. The van der Waals surface area contributed by atoms with Gasteiger partial charge in [0.05, 0.1) is 5.56 Å². The number of aryl methyl sites for hydroxylation is 1. The minimum absolute atomic E-state index is 0.207. The van der Waals surface area contributed by atoms with Gasteiger partial charge in [-0.1, -0.05) is 13.0 Å². The first-order valence-electron chi connectivity index (χ1n) is 8.87. The van der Waals surface area contributed by atoms with Crippen LogP contribution in [0.4, 0.5) is 5.82 Å². The summed E-state index contributed by atoms with van der Waals surface area (Å²) in [6.07, 6.45) is 2.89. The fourth-order valence-corrected chi connectivity index (χ4v) is 3.25. The Kier molecular flexibility index (Phi) is 5.23. The molecule has 0 saturated carbocycles. The summed E-state index contributed by atoms with van der Waals surface area (Å²) in [5.74, 6) is -0.382. The summed E-state index contributed by atoms with van der Waals surface area (Å²) >= 11 is 0. The van der Waals surface area contributed by atoms with Crippen molar-refractivity contribution in [1.82, 2.24) is 14.3 Å². The molecule has 1 saturated heterocycles. The van der Waals surface area contributed by atoms with Gasteiger partial charge in [-0.2, -0.15) is 5.26 Å². The number of pyridine rings is 1. The van der Waals surface area contributed by atoms with Gasteiger partial charge in [0.1, 0.15) is 23.1 Å². The number of anilines is 1. The largest absolute Gasteiger partial charge is 0.365 e. The molecular formula is C19H22N6O2. The van der Waals surface area contributed by atoms with Crippen LogP contribution in [0.25, 0.3) is 11.7 Å². The monoisotopic (exact) mass is 366 g/mol. The van der Waals surface area contributed by atoms with Crippen LogP contribution in [0.15, 0.2) is 28.7 Å². The van der Waals surface area contributed by atoms with E-state index in [1.54, 1.807) is 18.3 Å². The van der Waals surface area contributed by atoms with E-state index in [-0.39, 0.29) is 16.7 Å². The SMILES string of the molecule is CCN1CCN(c2nc3c(C)cccn3c(=O)c2C=C(C#N)C(N)=O)CC1. The van der Waals surface area contributed by atoms with E-state index in [0.29, 0.717) is 24.6 Å². The van der Waals surface area contributed by atoms with Crippen molar-refractivity contribution in [1.29, 1.82) is 5.26 Å². The van der Waals surface area contributed by atoms with Crippen molar-refractivity contribution in [2.45, 2.75) is 13.8 Å². The zero-order valence-corrected chi connectivity index (χ0v) is 15.5. The normalized spacial score (nSPS) is 15.7. The second kappa shape index (κ2) is 7.60. The van der Waals surface area contributed by atoms with E-state index in [4.69, 9.17) is 10.7 Å². The Morgan fingerprint density at radius 2 is 2.07 bits per heavy atom. The number of amides is 1. The molecule has 1 aliphatic rings. The molecule has 1 fully saturated rings. The molecule has 0 unspecified atom stereocenters. The summed E-state index contributed by atoms with van der Waals surface area (Å²) in [5.41, 5.74) is 6.31. The maximum absolute atomic E-state index is 13.1. The first-order chi connectivity index (χ1) is 13.0. The lowest BCUT2D eigenvalue weighted by Gasteiger charge is -2.35. The van der Waals surface area contributed by atoms with Crippen LogP contribution >= 0.6 is 0 Å². The lowest BCUT2D eigenvalue weighted by atomic mass is 10.1. The van der Waals surface area contributed by atoms with Gasteiger partial charge in [-0.15, -0.1) is 0 Å². The Labute approximate surface area is 157 Å². The Morgan fingerprint density at radius 3 is 2.67 bits per heavy atom. The third-order valence-corrected chi connectivity index (χ3v) is 4.86. The summed E-state index contributed by atoms with van der Waals surface area (Å²) in [7, 11) is 0. The fourth-order valence-electron chi connectivity index (χ4n) is 3.25. The van der Waals surface area contributed by atoms with E-state index in [0.717, 1.165) is 25.2 Å². The summed E-state index contributed by atoms with van der Waals surface area (Å²) in [5, 5.41) is 9.21. The molecule has 2 N–H and O–H groups in total. The van der Waals surface area contributed by atoms with E-state index in [9.17, 15) is 14.9 Å². The Morgan fingerprint density at radius 1 is 1.37 bits per heavy atom. The van der Waals surface area contributed by atoms with E-state index in [1.807, 2.05) is 17.9 Å². The third-order valence-electron chi connectivity index (χ3n) is 4.86. The molecule has 8 heteroatoms. The van der Waals surface area contributed by atoms with Gasteiger partial charge in [0.15, 0.2) is 0 Å². The van der Waals surface area contributed by atoms with Crippen LogP contribution in [0.1, 0.15) is 18.1 Å². The van der Waals surface area contributed by atoms with Crippen LogP contribution < -0.4 is 16.2 Å². The molecule has 0 bridgehead atoms. The van der Waals surface area contributed by atoms with E-state index in [1.165, 1.54) is 10.5 Å². The molecule has 0 aromatic carbocycles. The minimum Gasteiger partial charge on any atom is -0.365 e. The molecule has 2 aromatic heterocycles. The Bertz CT molecular complexity index is 1010. The number of carbonyl (C=O) groups is 1. The molecule has 3 rings (SSSR count). The molecule has 0 radical (unpaired) electrons. The molecule has 8 nitrogen and oxygen atoms in total. The van der Waals surface area contributed by atoms with Gasteiger partial charge >= 0.3 is 0 Å². The molecule has 3 heterocycles. The number of hydrogen-bond acceptors (Lipinski definition) is 6. The second-order valence-corrected chi connectivity index (χ2v) is 6.49. The highest BCUT2D eigenvalue weighted by Gasteiger charge is 2.23. The lowest BCUT2D eigenvalue weighted by molar-refractivity contribution is -0.114. The van der Waals surface area contributed by atoms with Crippen LogP contribution in [0, 0.1) is 18.3 Å². The first-order valence-corrected chi connectivity index (χ1v) is 8.87. The predicted octanol–water partition coefficient (Wildman–Crippen LogP) is 0.537. The zero-order valence-electron chi connectivity index (χ0n) is 15.5. The molecule has 0 atom stereocenters. The summed E-state index contributed by atoms with van der Waals surface area (Å²) in [6.45, 7) is 8.10. The van der Waals surface area contributed by atoms with Gasteiger partial charge in [-0.25, -0.2) is 4.98 Å². The molecule has 140 valence electrons. The number of rotatable bonds is 4. The number of nitrogens with two attached hydrogens (primary N) is 1. The van der Waals surface area contributed by atoms with Crippen molar-refractivity contribution >= 4 is 23.4 Å². The maximum atomic E-state index is 13.1. The molecule has 1 aliphatic heterocycles. The highest BCUT2D eigenvalue weighted by molar-refractivity contribution is 6.01. The van der Waals surface area contributed by atoms with Crippen molar-refractivity contribution in [3.05, 3.63) is 45.4 Å². The number of nitrogens with zero attached hydrogens (tertiary/aromatic N) is 5. The van der Waals surface area contributed by atoms with Gasteiger partial charge in [0, 0.05) is 32.4 Å². The number of piperazine rings is 1. The van der Waals surface area contributed by atoms with Crippen molar-refractivity contribution in [2.75, 3.05) is 37.6 Å². The van der Waals surface area contributed by atoms with Crippen LogP contribution in [-0.4, -0.2) is 52.9 Å². The van der Waals surface area contributed by atoms with Gasteiger partial charge in [-0.3, -0.25) is 14.0 Å². The van der Waals surface area contributed by atoms with Crippen LogP contribution in [-0.2, 0) is 4.79 Å². The second-order valence-electron chi connectivity index (χ2n) is 6.49. The van der Waals surface area contributed by atoms with E-state index >= 15 is 0 Å². The highest BCUT2D eigenvalue weighted by Crippen LogP contribution is 2.21. The first kappa shape index (κ1) is 18.6. The standard InChI is InChI=1S/C19H22N6O2/c1-3-23-7-9-24(10-8-23)18-15(11-14(12-20)16(21)26)19(27)25-6-4-5-13(2)17(25)22-18/h4-6,11H,3,7-10H2,1-2H3,(H2,21,26). The van der Waals surface area contributed by atoms with Gasteiger partial charge in [-0.05, 0) is 31.2 Å². The van der Waals surface area contributed by atoms with Crippen molar-refractivity contribution in [3.63, 3.8) is 0 Å². The number of hydrogen-bond donors (Lipinski definition) is 1. The summed E-state index contributed by atoms with van der Waals surface area (Å²) in [6, 6.07) is 5.42. The molecular weight excluding hydrogens is 344 g/mol. The van der Waals surface area contributed by atoms with E-state index in [2.05, 4.69) is 11.8 Å². The predicted molar refractivity (Wildman–Crippen MR) is 103 cm³/mol. The zero-order chi connectivity index (χ0) is 19.6. The lowest BCUT2D eigenvalue weighted by Crippen LogP contribution is -2.47. The number of nitriles is 1. The smallest absolute Gasteiger partial charge is 0.267 e. The third kappa shape index (κ3) is 3.55. The number of carbonyl (C=O) groups excluding carboxylic acids is 1. The molecule has 2 aromatic rings. The average Bonchev–Trinajstić information content (AvgIpc) is 2.67. The van der Waals surface area contributed by atoms with E-state index < -0.39 is 5.91 Å². The van der Waals surface area contributed by atoms with Crippen molar-refractivity contribution in [3.8, 4) is 6.07 Å². The molecule has 0 aliphatic carbocycles. The Balaban J connectivity index is 2.22. The topological polar surface area (TPSA) is 108 Å². The minimum atomic E-state index is -0.868. The van der Waals surface area contributed by atoms with Gasteiger partial charge in [0.2, 0.25) is 0 Å². The number of fused-ring (bicyclic) bond motifs is 1. The molecule has 1 amide bonds. The van der Waals surface area contributed by atoms with Gasteiger partial charge < -0.3 is 15.5 Å².